The fraction of sp³-hybridized carbons (Fsp3) is 0.833. The standard InChI is InChI=1S/C12H18N2O2/c1-9-5-12(6-9,8-13)11(16)14-4-2-3-10(14)7-15/h9-10,15H,2-7H2,1H3/t9?,10-,12?/m1/s1. The predicted molar refractivity (Wildman–Crippen MR) is 58.3 cm³/mol. The number of aliphatic hydroxyl groups excluding tert-OH is 1. The second-order valence-electron chi connectivity index (χ2n) is 5.18. The molecule has 16 heavy (non-hydrogen) atoms. The third-order valence-corrected chi connectivity index (χ3v) is 3.87. The summed E-state index contributed by atoms with van der Waals surface area (Å²) >= 11 is 0. The van der Waals surface area contributed by atoms with E-state index in [9.17, 15) is 15.2 Å². The first-order chi connectivity index (χ1) is 7.63. The van der Waals surface area contributed by atoms with Crippen molar-refractivity contribution in [2.45, 2.75) is 38.6 Å². The maximum absolute atomic E-state index is 12.3. The first kappa shape index (κ1) is 11.4. The van der Waals surface area contributed by atoms with E-state index < -0.39 is 5.41 Å². The topological polar surface area (TPSA) is 64.3 Å². The Morgan fingerprint density at radius 1 is 1.62 bits per heavy atom. The quantitative estimate of drug-likeness (QED) is 0.755. The summed E-state index contributed by atoms with van der Waals surface area (Å²) in [6.07, 6.45) is 3.15. The Morgan fingerprint density at radius 2 is 2.31 bits per heavy atom. The summed E-state index contributed by atoms with van der Waals surface area (Å²) in [5, 5.41) is 18.4. The molecule has 4 nitrogen and oxygen atoms in total. The van der Waals surface area contributed by atoms with Crippen molar-refractivity contribution in [3.63, 3.8) is 0 Å². The van der Waals surface area contributed by atoms with Gasteiger partial charge in [-0.15, -0.1) is 0 Å². The van der Waals surface area contributed by atoms with Crippen molar-refractivity contribution < 1.29 is 9.90 Å². The minimum absolute atomic E-state index is 0.0167. The molecule has 2 aliphatic rings. The van der Waals surface area contributed by atoms with Crippen LogP contribution in [-0.4, -0.2) is 35.1 Å². The smallest absolute Gasteiger partial charge is 0.243 e. The summed E-state index contributed by atoms with van der Waals surface area (Å²) in [5.41, 5.74) is -0.781. The van der Waals surface area contributed by atoms with Crippen molar-refractivity contribution in [2.75, 3.05) is 13.2 Å². The lowest BCUT2D eigenvalue weighted by Gasteiger charge is -2.42. The number of amides is 1. The molecule has 4 heteroatoms. The van der Waals surface area contributed by atoms with Gasteiger partial charge in [-0.1, -0.05) is 6.92 Å². The van der Waals surface area contributed by atoms with Gasteiger partial charge in [0.05, 0.1) is 18.7 Å². The van der Waals surface area contributed by atoms with Crippen LogP contribution in [0.3, 0.4) is 0 Å². The maximum Gasteiger partial charge on any atom is 0.243 e. The van der Waals surface area contributed by atoms with E-state index in [1.54, 1.807) is 4.90 Å². The number of carbonyl (C=O) groups is 1. The molecule has 1 amide bonds. The number of hydrogen-bond acceptors (Lipinski definition) is 3. The van der Waals surface area contributed by atoms with Crippen molar-refractivity contribution in [1.29, 1.82) is 5.26 Å². The van der Waals surface area contributed by atoms with Gasteiger partial charge in [-0.2, -0.15) is 5.26 Å². The summed E-state index contributed by atoms with van der Waals surface area (Å²) in [4.78, 5) is 14.0. The Labute approximate surface area is 95.9 Å². The van der Waals surface area contributed by atoms with Crippen LogP contribution < -0.4 is 0 Å². The molecule has 0 aromatic heterocycles. The molecule has 1 aliphatic heterocycles. The van der Waals surface area contributed by atoms with E-state index in [0.717, 1.165) is 12.8 Å². The maximum atomic E-state index is 12.3. The fourth-order valence-corrected chi connectivity index (χ4v) is 3.01. The first-order valence-electron chi connectivity index (χ1n) is 5.96. The van der Waals surface area contributed by atoms with Gasteiger partial charge in [0.1, 0.15) is 5.41 Å². The van der Waals surface area contributed by atoms with E-state index in [-0.39, 0.29) is 18.6 Å². The second kappa shape index (κ2) is 4.06. The lowest BCUT2D eigenvalue weighted by atomic mass is 9.62. The van der Waals surface area contributed by atoms with Crippen LogP contribution in [0.5, 0.6) is 0 Å². The highest BCUT2D eigenvalue weighted by molar-refractivity contribution is 5.87. The number of nitriles is 1. The second-order valence-corrected chi connectivity index (χ2v) is 5.18. The molecule has 2 fully saturated rings. The van der Waals surface area contributed by atoms with Gasteiger partial charge < -0.3 is 10.0 Å². The van der Waals surface area contributed by atoms with Gasteiger partial charge in [0, 0.05) is 6.54 Å². The van der Waals surface area contributed by atoms with E-state index in [4.69, 9.17) is 0 Å². The van der Waals surface area contributed by atoms with E-state index in [2.05, 4.69) is 13.0 Å². The van der Waals surface area contributed by atoms with Crippen LogP contribution in [0.1, 0.15) is 32.6 Å². The average molecular weight is 222 g/mol. The largest absolute Gasteiger partial charge is 0.394 e. The molecule has 88 valence electrons. The molecule has 1 saturated carbocycles. The normalized spacial score (nSPS) is 37.9. The monoisotopic (exact) mass is 222 g/mol. The zero-order valence-electron chi connectivity index (χ0n) is 9.65. The number of nitrogens with zero attached hydrogens (tertiary/aromatic N) is 2. The van der Waals surface area contributed by atoms with Gasteiger partial charge in [-0.3, -0.25) is 4.79 Å². The van der Waals surface area contributed by atoms with Crippen LogP contribution in [-0.2, 0) is 4.79 Å². The highest BCUT2D eigenvalue weighted by Gasteiger charge is 2.52. The molecule has 1 aliphatic carbocycles. The molecule has 2 rings (SSSR count). The third-order valence-electron chi connectivity index (χ3n) is 3.87. The zero-order chi connectivity index (χ0) is 11.8. The summed E-state index contributed by atoms with van der Waals surface area (Å²) in [6, 6.07) is 2.13. The molecule has 0 aromatic rings. The Morgan fingerprint density at radius 3 is 2.81 bits per heavy atom. The van der Waals surface area contributed by atoms with E-state index in [1.165, 1.54) is 0 Å². The molecular weight excluding hydrogens is 204 g/mol. The lowest BCUT2D eigenvalue weighted by molar-refractivity contribution is -0.146. The average Bonchev–Trinajstić information content (AvgIpc) is 2.71. The van der Waals surface area contributed by atoms with Crippen molar-refractivity contribution in [2.24, 2.45) is 11.3 Å². The summed E-state index contributed by atoms with van der Waals surface area (Å²) in [7, 11) is 0. The predicted octanol–water partition coefficient (Wildman–Crippen LogP) is 0.910. The van der Waals surface area contributed by atoms with E-state index >= 15 is 0 Å². The van der Waals surface area contributed by atoms with E-state index in [1.807, 2.05) is 0 Å². The molecule has 0 bridgehead atoms. The van der Waals surface area contributed by atoms with Crippen molar-refractivity contribution in [3.05, 3.63) is 0 Å². The van der Waals surface area contributed by atoms with Crippen molar-refractivity contribution in [3.8, 4) is 6.07 Å². The zero-order valence-corrected chi connectivity index (χ0v) is 9.65. The molecule has 1 N–H and O–H groups in total. The molecule has 0 aromatic carbocycles. The summed E-state index contributed by atoms with van der Waals surface area (Å²) < 4.78 is 0. The van der Waals surface area contributed by atoms with Gasteiger partial charge in [-0.05, 0) is 31.6 Å². The molecule has 1 heterocycles. The van der Waals surface area contributed by atoms with Gasteiger partial charge in [0.15, 0.2) is 0 Å². The van der Waals surface area contributed by atoms with Crippen LogP contribution in [0.25, 0.3) is 0 Å². The van der Waals surface area contributed by atoms with Gasteiger partial charge in [0.2, 0.25) is 5.91 Å². The minimum atomic E-state index is -0.781. The number of aliphatic hydroxyl groups is 1. The molecule has 1 atom stereocenters. The summed E-state index contributed by atoms with van der Waals surface area (Å²) in [5.74, 6) is 0.420. The van der Waals surface area contributed by atoms with Gasteiger partial charge in [-0.25, -0.2) is 0 Å². The molecule has 1 saturated heterocycles. The number of hydrogen-bond donors (Lipinski definition) is 1. The van der Waals surface area contributed by atoms with Crippen molar-refractivity contribution >= 4 is 5.91 Å². The number of carbonyl (C=O) groups excluding carboxylic acids is 1. The Balaban J connectivity index is 2.10. The van der Waals surface area contributed by atoms with Crippen molar-refractivity contribution in [1.82, 2.24) is 4.90 Å². The van der Waals surface area contributed by atoms with Gasteiger partial charge in [0.25, 0.3) is 0 Å². The SMILES string of the molecule is CC1CC(C#N)(C(=O)N2CCC[C@@H]2CO)C1. The molecule has 0 radical (unpaired) electrons. The lowest BCUT2D eigenvalue weighted by Crippen LogP contribution is -2.52. The molecule has 0 unspecified atom stereocenters. The fourth-order valence-electron chi connectivity index (χ4n) is 3.01. The van der Waals surface area contributed by atoms with Crippen LogP contribution in [0.2, 0.25) is 0 Å². The van der Waals surface area contributed by atoms with Crippen LogP contribution in [0.4, 0.5) is 0 Å². The Bertz CT molecular complexity index is 328. The van der Waals surface area contributed by atoms with E-state index in [0.29, 0.717) is 25.3 Å². The number of likely N-dealkylation sites (tertiary alicyclic amines) is 1. The highest BCUT2D eigenvalue weighted by atomic mass is 16.3. The molecule has 0 spiro atoms. The summed E-state index contributed by atoms with van der Waals surface area (Å²) in [6.45, 7) is 2.78. The Hall–Kier alpha value is -1.08. The molecular formula is C12H18N2O2. The van der Waals surface area contributed by atoms with Crippen LogP contribution in [0.15, 0.2) is 0 Å². The van der Waals surface area contributed by atoms with Crippen LogP contribution >= 0.6 is 0 Å². The highest BCUT2D eigenvalue weighted by Crippen LogP contribution is 2.47. The first-order valence-corrected chi connectivity index (χ1v) is 5.96. The third kappa shape index (κ3) is 1.60. The van der Waals surface area contributed by atoms with Crippen LogP contribution in [0, 0.1) is 22.7 Å². The van der Waals surface area contributed by atoms with Gasteiger partial charge >= 0.3 is 0 Å². The minimum Gasteiger partial charge on any atom is -0.394 e. The number of rotatable bonds is 2. The Kier molecular flexibility index (Phi) is 2.90.